The van der Waals surface area contributed by atoms with E-state index in [1.54, 1.807) is 0 Å². The molecule has 1 atom stereocenters. The molecule has 0 saturated heterocycles. The highest BCUT2D eigenvalue weighted by atomic mass is 16.3. The molecule has 4 heteroatoms. The number of carbonyl (C=O) groups is 1. The molecule has 0 aromatic heterocycles. The molecule has 3 aromatic carbocycles. The first-order valence-corrected chi connectivity index (χ1v) is 10.1. The molecule has 0 heterocycles. The van der Waals surface area contributed by atoms with Crippen LogP contribution in [0.4, 0.5) is 0 Å². The zero-order chi connectivity index (χ0) is 20.1. The molecule has 0 radical (unpaired) electrons. The molecule has 29 heavy (non-hydrogen) atoms. The van der Waals surface area contributed by atoms with Crippen molar-refractivity contribution in [1.29, 1.82) is 0 Å². The first-order valence-electron chi connectivity index (χ1n) is 10.1. The van der Waals surface area contributed by atoms with Gasteiger partial charge in [0.05, 0.1) is 6.10 Å². The zero-order valence-corrected chi connectivity index (χ0v) is 16.3. The van der Waals surface area contributed by atoms with E-state index in [4.69, 9.17) is 0 Å². The molecule has 1 amide bonds. The van der Waals surface area contributed by atoms with E-state index in [2.05, 4.69) is 34.9 Å². The fourth-order valence-electron chi connectivity index (χ4n) is 3.84. The largest absolute Gasteiger partial charge is 0.390 e. The van der Waals surface area contributed by atoms with Crippen LogP contribution >= 0.6 is 0 Å². The number of nitrogens with one attached hydrogen (secondary N) is 2. The number of fused-ring (bicyclic) bond motifs is 1. The fourth-order valence-corrected chi connectivity index (χ4v) is 3.84. The Bertz CT molecular complexity index is 929. The second kappa shape index (κ2) is 9.03. The van der Waals surface area contributed by atoms with E-state index >= 15 is 0 Å². The maximum absolute atomic E-state index is 12.4. The first-order chi connectivity index (χ1) is 14.2. The van der Waals surface area contributed by atoms with Crippen molar-refractivity contribution < 1.29 is 9.90 Å². The van der Waals surface area contributed by atoms with Gasteiger partial charge in [0.2, 0.25) is 0 Å². The molecule has 1 unspecified atom stereocenters. The number of carbonyl (C=O) groups excluding carboxylic acids is 1. The second-order valence-corrected chi connectivity index (χ2v) is 7.59. The van der Waals surface area contributed by atoms with Gasteiger partial charge in [-0.2, -0.15) is 0 Å². The van der Waals surface area contributed by atoms with E-state index in [1.165, 1.54) is 11.1 Å². The summed E-state index contributed by atoms with van der Waals surface area (Å²) in [5.74, 6) is -0.170. The van der Waals surface area contributed by atoms with E-state index in [1.807, 2.05) is 54.6 Å². The molecule has 1 aliphatic carbocycles. The smallest absolute Gasteiger partial charge is 0.251 e. The highest BCUT2D eigenvalue weighted by Crippen LogP contribution is 2.21. The average molecular weight is 386 g/mol. The van der Waals surface area contributed by atoms with Crippen molar-refractivity contribution in [2.24, 2.45) is 0 Å². The minimum atomic E-state index is -0.619. The van der Waals surface area contributed by atoms with Crippen molar-refractivity contribution in [2.45, 2.75) is 25.0 Å². The number of rotatable bonds is 7. The van der Waals surface area contributed by atoms with Gasteiger partial charge in [0.1, 0.15) is 0 Å². The predicted octanol–water partition coefficient (Wildman–Crippen LogP) is 3.20. The van der Waals surface area contributed by atoms with E-state index in [9.17, 15) is 9.90 Å². The van der Waals surface area contributed by atoms with Gasteiger partial charge in [-0.05, 0) is 47.2 Å². The molecule has 0 aliphatic heterocycles. The van der Waals surface area contributed by atoms with Crippen LogP contribution in [0.2, 0.25) is 0 Å². The Morgan fingerprint density at radius 1 is 0.828 bits per heavy atom. The van der Waals surface area contributed by atoms with Crippen LogP contribution in [0.15, 0.2) is 78.9 Å². The van der Waals surface area contributed by atoms with Crippen molar-refractivity contribution >= 4 is 5.91 Å². The lowest BCUT2D eigenvalue weighted by Crippen LogP contribution is -2.41. The van der Waals surface area contributed by atoms with Crippen LogP contribution < -0.4 is 10.6 Å². The average Bonchev–Trinajstić information content (AvgIpc) is 3.20. The van der Waals surface area contributed by atoms with Crippen LogP contribution in [-0.4, -0.2) is 36.2 Å². The SMILES string of the molecule is O=C(NCC(O)CNC1Cc2ccccc2C1)c1ccc(-c2ccccc2)cc1. The van der Waals surface area contributed by atoms with E-state index in [0.717, 1.165) is 24.0 Å². The minimum Gasteiger partial charge on any atom is -0.390 e. The quantitative estimate of drug-likeness (QED) is 0.584. The topological polar surface area (TPSA) is 61.4 Å². The van der Waals surface area contributed by atoms with Gasteiger partial charge in [-0.1, -0.05) is 66.7 Å². The second-order valence-electron chi connectivity index (χ2n) is 7.59. The van der Waals surface area contributed by atoms with Crippen molar-refractivity contribution in [3.8, 4) is 11.1 Å². The van der Waals surface area contributed by atoms with Gasteiger partial charge in [-0.15, -0.1) is 0 Å². The molecule has 4 nitrogen and oxygen atoms in total. The molecule has 4 rings (SSSR count). The van der Waals surface area contributed by atoms with Gasteiger partial charge in [0.25, 0.3) is 5.91 Å². The Hall–Kier alpha value is -2.95. The maximum atomic E-state index is 12.4. The van der Waals surface area contributed by atoms with Crippen LogP contribution in [0.1, 0.15) is 21.5 Å². The Kier molecular flexibility index (Phi) is 6.03. The number of hydrogen-bond donors (Lipinski definition) is 3. The van der Waals surface area contributed by atoms with E-state index in [-0.39, 0.29) is 12.5 Å². The third-order valence-electron chi connectivity index (χ3n) is 5.45. The third-order valence-corrected chi connectivity index (χ3v) is 5.45. The highest BCUT2D eigenvalue weighted by Gasteiger charge is 2.21. The van der Waals surface area contributed by atoms with Crippen LogP contribution in [0.3, 0.4) is 0 Å². The number of hydrogen-bond acceptors (Lipinski definition) is 3. The van der Waals surface area contributed by atoms with Gasteiger partial charge in [0, 0.05) is 24.7 Å². The zero-order valence-electron chi connectivity index (χ0n) is 16.3. The molecular formula is C25H26N2O2. The van der Waals surface area contributed by atoms with Gasteiger partial charge >= 0.3 is 0 Å². The minimum absolute atomic E-state index is 0.170. The standard InChI is InChI=1S/C25H26N2O2/c28-24(16-26-23-14-21-8-4-5-9-22(21)15-23)17-27-25(29)20-12-10-19(11-13-20)18-6-2-1-3-7-18/h1-13,23-24,26,28H,14-17H2,(H,27,29). The Morgan fingerprint density at radius 2 is 1.41 bits per heavy atom. The fraction of sp³-hybridized carbons (Fsp3) is 0.240. The normalized spacial score (nSPS) is 14.4. The molecule has 3 aromatic rings. The van der Waals surface area contributed by atoms with Crippen molar-refractivity contribution in [3.05, 3.63) is 95.6 Å². The maximum Gasteiger partial charge on any atom is 0.251 e. The third kappa shape index (κ3) is 4.91. The molecule has 0 fully saturated rings. The Labute approximate surface area is 171 Å². The summed E-state index contributed by atoms with van der Waals surface area (Å²) in [5, 5.41) is 16.5. The van der Waals surface area contributed by atoms with Crippen molar-refractivity contribution in [1.82, 2.24) is 10.6 Å². The molecule has 1 aliphatic rings. The lowest BCUT2D eigenvalue weighted by Gasteiger charge is -2.17. The van der Waals surface area contributed by atoms with Crippen LogP contribution in [0.25, 0.3) is 11.1 Å². The van der Waals surface area contributed by atoms with Crippen molar-refractivity contribution in [3.63, 3.8) is 0 Å². The van der Waals surface area contributed by atoms with Crippen molar-refractivity contribution in [2.75, 3.05) is 13.1 Å². The monoisotopic (exact) mass is 386 g/mol. The van der Waals surface area contributed by atoms with Gasteiger partial charge < -0.3 is 15.7 Å². The summed E-state index contributed by atoms with van der Waals surface area (Å²) in [5.41, 5.74) is 5.55. The highest BCUT2D eigenvalue weighted by molar-refractivity contribution is 5.94. The molecule has 0 saturated carbocycles. The summed E-state index contributed by atoms with van der Waals surface area (Å²) in [6.45, 7) is 0.692. The number of amides is 1. The summed E-state index contributed by atoms with van der Waals surface area (Å²) in [6.07, 6.45) is 1.36. The predicted molar refractivity (Wildman–Crippen MR) is 116 cm³/mol. The van der Waals surface area contributed by atoms with Crippen LogP contribution in [0, 0.1) is 0 Å². The number of benzene rings is 3. The summed E-state index contributed by atoms with van der Waals surface area (Å²) < 4.78 is 0. The van der Waals surface area contributed by atoms with Gasteiger partial charge in [-0.25, -0.2) is 0 Å². The summed E-state index contributed by atoms with van der Waals surface area (Å²) in [6, 6.07) is 26.4. The van der Waals surface area contributed by atoms with E-state index < -0.39 is 6.10 Å². The summed E-state index contributed by atoms with van der Waals surface area (Å²) in [7, 11) is 0. The Balaban J connectivity index is 1.22. The van der Waals surface area contributed by atoms with Gasteiger partial charge in [0.15, 0.2) is 0 Å². The summed E-state index contributed by atoms with van der Waals surface area (Å²) >= 11 is 0. The van der Waals surface area contributed by atoms with Gasteiger partial charge in [-0.3, -0.25) is 4.79 Å². The molecule has 0 spiro atoms. The van der Waals surface area contributed by atoms with E-state index in [0.29, 0.717) is 18.2 Å². The lowest BCUT2D eigenvalue weighted by molar-refractivity contribution is 0.0914. The van der Waals surface area contributed by atoms with Crippen LogP contribution in [-0.2, 0) is 12.8 Å². The molecule has 0 bridgehead atoms. The summed E-state index contributed by atoms with van der Waals surface area (Å²) in [4.78, 5) is 12.4. The van der Waals surface area contributed by atoms with Crippen LogP contribution in [0.5, 0.6) is 0 Å². The molecule has 3 N–H and O–H groups in total. The number of aliphatic hydroxyl groups excluding tert-OH is 1. The first kappa shape index (κ1) is 19.4. The lowest BCUT2D eigenvalue weighted by atomic mass is 10.0. The number of aliphatic hydroxyl groups is 1. The Morgan fingerprint density at radius 3 is 2.07 bits per heavy atom. The molecular weight excluding hydrogens is 360 g/mol. The molecule has 148 valence electrons.